The molecule has 2 nitrogen and oxygen atoms in total. The molecule has 2 heteroatoms. The maximum absolute atomic E-state index is 5.90. The highest BCUT2D eigenvalue weighted by Crippen LogP contribution is 2.12. The highest BCUT2D eigenvalue weighted by atomic mass is 14.6. The Bertz CT molecular complexity index is 323. The van der Waals surface area contributed by atoms with Crippen molar-refractivity contribution < 1.29 is 0 Å². The van der Waals surface area contributed by atoms with E-state index >= 15 is 0 Å². The largest absolute Gasteiger partial charge is 0.405 e. The summed E-state index contributed by atoms with van der Waals surface area (Å²) >= 11 is 0. The zero-order valence-corrected chi connectivity index (χ0v) is 7.70. The van der Waals surface area contributed by atoms with E-state index in [-0.39, 0.29) is 0 Å². The third-order valence-corrected chi connectivity index (χ3v) is 1.86. The van der Waals surface area contributed by atoms with Crippen molar-refractivity contribution in [2.24, 2.45) is 11.5 Å². The SMILES string of the molecule is CC(/C=C\N)=C(/N)c1ccccc1. The second-order valence-electron chi connectivity index (χ2n) is 2.82. The summed E-state index contributed by atoms with van der Waals surface area (Å²) in [4.78, 5) is 0. The van der Waals surface area contributed by atoms with Crippen molar-refractivity contribution in [3.05, 3.63) is 53.7 Å². The molecule has 1 aromatic rings. The molecular formula is C11H14N2. The van der Waals surface area contributed by atoms with Crippen LogP contribution in [0.15, 0.2) is 48.2 Å². The van der Waals surface area contributed by atoms with E-state index in [2.05, 4.69) is 0 Å². The van der Waals surface area contributed by atoms with E-state index in [0.717, 1.165) is 16.8 Å². The molecule has 1 aromatic carbocycles. The first-order valence-electron chi connectivity index (χ1n) is 4.15. The summed E-state index contributed by atoms with van der Waals surface area (Å²) in [5.74, 6) is 0. The Morgan fingerprint density at radius 1 is 1.23 bits per heavy atom. The van der Waals surface area contributed by atoms with E-state index in [4.69, 9.17) is 11.5 Å². The van der Waals surface area contributed by atoms with Gasteiger partial charge < -0.3 is 11.5 Å². The summed E-state index contributed by atoms with van der Waals surface area (Å²) in [6, 6.07) is 9.83. The molecule has 4 N–H and O–H groups in total. The standard InChI is InChI=1S/C11H14N2/c1-9(7-8-12)11(13)10-5-3-2-4-6-10/h2-8H,12-13H2,1H3/b8-7-,11-9-. The normalized spacial score (nSPS) is 13.0. The lowest BCUT2D eigenvalue weighted by molar-refractivity contribution is 1.40. The first-order valence-corrected chi connectivity index (χ1v) is 4.15. The first-order chi connectivity index (χ1) is 6.25. The van der Waals surface area contributed by atoms with Crippen LogP contribution >= 0.6 is 0 Å². The zero-order valence-electron chi connectivity index (χ0n) is 7.70. The number of allylic oxidation sites excluding steroid dienone is 2. The number of nitrogens with two attached hydrogens (primary N) is 2. The van der Waals surface area contributed by atoms with Gasteiger partial charge in [-0.15, -0.1) is 0 Å². The zero-order chi connectivity index (χ0) is 9.68. The Balaban J connectivity index is 3.03. The van der Waals surface area contributed by atoms with Gasteiger partial charge in [-0.2, -0.15) is 0 Å². The Labute approximate surface area is 78.6 Å². The molecule has 0 aliphatic rings. The van der Waals surface area contributed by atoms with Crippen LogP contribution in [0.3, 0.4) is 0 Å². The summed E-state index contributed by atoms with van der Waals surface area (Å²) in [5, 5.41) is 0. The van der Waals surface area contributed by atoms with Crippen LogP contribution in [0.5, 0.6) is 0 Å². The molecule has 0 spiro atoms. The summed E-state index contributed by atoms with van der Waals surface area (Å²) in [7, 11) is 0. The van der Waals surface area contributed by atoms with E-state index in [1.807, 2.05) is 37.3 Å². The van der Waals surface area contributed by atoms with Crippen molar-refractivity contribution in [2.75, 3.05) is 0 Å². The third kappa shape index (κ3) is 2.37. The molecule has 0 saturated carbocycles. The molecule has 0 radical (unpaired) electrons. The molecule has 68 valence electrons. The highest BCUT2D eigenvalue weighted by molar-refractivity contribution is 5.67. The summed E-state index contributed by atoms with van der Waals surface area (Å²) < 4.78 is 0. The molecule has 0 amide bonds. The Kier molecular flexibility index (Phi) is 3.15. The lowest BCUT2D eigenvalue weighted by Gasteiger charge is -2.03. The van der Waals surface area contributed by atoms with Crippen LogP contribution in [0.4, 0.5) is 0 Å². The van der Waals surface area contributed by atoms with Gasteiger partial charge in [0, 0.05) is 5.70 Å². The van der Waals surface area contributed by atoms with Gasteiger partial charge in [-0.3, -0.25) is 0 Å². The van der Waals surface area contributed by atoms with Crippen LogP contribution in [0.1, 0.15) is 12.5 Å². The van der Waals surface area contributed by atoms with Gasteiger partial charge in [0.25, 0.3) is 0 Å². The smallest absolute Gasteiger partial charge is 0.0417 e. The van der Waals surface area contributed by atoms with Crippen LogP contribution in [0.25, 0.3) is 5.70 Å². The van der Waals surface area contributed by atoms with Crippen LogP contribution in [-0.2, 0) is 0 Å². The van der Waals surface area contributed by atoms with Gasteiger partial charge >= 0.3 is 0 Å². The van der Waals surface area contributed by atoms with Gasteiger partial charge in [-0.1, -0.05) is 30.3 Å². The molecule has 0 fully saturated rings. The Morgan fingerprint density at radius 2 is 1.85 bits per heavy atom. The predicted molar refractivity (Wildman–Crippen MR) is 56.6 cm³/mol. The van der Waals surface area contributed by atoms with Crippen molar-refractivity contribution in [2.45, 2.75) is 6.92 Å². The van der Waals surface area contributed by atoms with Gasteiger partial charge in [0.15, 0.2) is 0 Å². The van der Waals surface area contributed by atoms with Gasteiger partial charge in [0.05, 0.1) is 0 Å². The molecule has 0 heterocycles. The van der Waals surface area contributed by atoms with Gasteiger partial charge in [0.2, 0.25) is 0 Å². The van der Waals surface area contributed by atoms with Gasteiger partial charge in [-0.05, 0) is 30.3 Å². The van der Waals surface area contributed by atoms with Crippen molar-refractivity contribution in [3.8, 4) is 0 Å². The molecule has 1 rings (SSSR count). The van der Waals surface area contributed by atoms with E-state index < -0.39 is 0 Å². The quantitative estimate of drug-likeness (QED) is 0.672. The fraction of sp³-hybridized carbons (Fsp3) is 0.0909. The lowest BCUT2D eigenvalue weighted by atomic mass is 10.1. The van der Waals surface area contributed by atoms with Crippen molar-refractivity contribution in [3.63, 3.8) is 0 Å². The molecule has 0 saturated heterocycles. The molecule has 0 unspecified atom stereocenters. The van der Waals surface area contributed by atoms with Gasteiger partial charge in [-0.25, -0.2) is 0 Å². The number of hydrogen-bond donors (Lipinski definition) is 2. The average molecular weight is 174 g/mol. The second-order valence-corrected chi connectivity index (χ2v) is 2.82. The van der Waals surface area contributed by atoms with Crippen LogP contribution in [0, 0.1) is 0 Å². The fourth-order valence-corrected chi connectivity index (χ4v) is 1.08. The first kappa shape index (κ1) is 9.39. The molecular weight excluding hydrogens is 160 g/mol. The minimum atomic E-state index is 0.766. The van der Waals surface area contributed by atoms with Crippen molar-refractivity contribution in [1.29, 1.82) is 0 Å². The van der Waals surface area contributed by atoms with E-state index in [1.54, 1.807) is 6.08 Å². The molecule has 0 aliphatic carbocycles. The topological polar surface area (TPSA) is 52.0 Å². The molecule has 0 bridgehead atoms. The second kappa shape index (κ2) is 4.36. The molecule has 0 aromatic heterocycles. The maximum Gasteiger partial charge on any atom is 0.0417 e. The van der Waals surface area contributed by atoms with Crippen LogP contribution < -0.4 is 11.5 Å². The molecule has 0 atom stereocenters. The molecule has 13 heavy (non-hydrogen) atoms. The van der Waals surface area contributed by atoms with Crippen LogP contribution in [-0.4, -0.2) is 0 Å². The minimum Gasteiger partial charge on any atom is -0.405 e. The predicted octanol–water partition coefficient (Wildman–Crippen LogP) is 1.85. The monoisotopic (exact) mass is 174 g/mol. The summed E-state index contributed by atoms with van der Waals surface area (Å²) in [6.45, 7) is 1.94. The fourth-order valence-electron chi connectivity index (χ4n) is 1.08. The third-order valence-electron chi connectivity index (χ3n) is 1.86. The summed E-state index contributed by atoms with van der Waals surface area (Å²) in [5.41, 5.74) is 13.9. The summed E-state index contributed by atoms with van der Waals surface area (Å²) in [6.07, 6.45) is 3.29. The Hall–Kier alpha value is -1.70. The Morgan fingerprint density at radius 3 is 2.38 bits per heavy atom. The highest BCUT2D eigenvalue weighted by Gasteiger charge is 1.96. The number of hydrogen-bond acceptors (Lipinski definition) is 2. The van der Waals surface area contributed by atoms with E-state index in [1.165, 1.54) is 6.20 Å². The van der Waals surface area contributed by atoms with E-state index in [0.29, 0.717) is 0 Å². The van der Waals surface area contributed by atoms with Gasteiger partial charge in [0.1, 0.15) is 0 Å². The van der Waals surface area contributed by atoms with Crippen molar-refractivity contribution in [1.82, 2.24) is 0 Å². The van der Waals surface area contributed by atoms with Crippen LogP contribution in [0.2, 0.25) is 0 Å². The number of benzene rings is 1. The lowest BCUT2D eigenvalue weighted by Crippen LogP contribution is -1.98. The average Bonchev–Trinajstić information content (AvgIpc) is 2.18. The number of rotatable bonds is 2. The van der Waals surface area contributed by atoms with E-state index in [9.17, 15) is 0 Å². The van der Waals surface area contributed by atoms with Crippen molar-refractivity contribution >= 4 is 5.70 Å². The maximum atomic E-state index is 5.90. The minimum absolute atomic E-state index is 0.766. The molecule has 0 aliphatic heterocycles.